The van der Waals surface area contributed by atoms with Crippen molar-refractivity contribution >= 4 is 5.91 Å². The largest absolute Gasteiger partial charge is 0.493 e. The van der Waals surface area contributed by atoms with Gasteiger partial charge in [-0.15, -0.1) is 0 Å². The Hall–Kier alpha value is -1.75. The van der Waals surface area contributed by atoms with Crippen LogP contribution in [0.15, 0.2) is 12.1 Å². The van der Waals surface area contributed by atoms with Crippen molar-refractivity contribution in [1.29, 1.82) is 0 Å². The lowest BCUT2D eigenvalue weighted by Crippen LogP contribution is -3.11. The van der Waals surface area contributed by atoms with Crippen LogP contribution in [0.4, 0.5) is 0 Å². The third kappa shape index (κ3) is 5.22. The van der Waals surface area contributed by atoms with E-state index >= 15 is 0 Å². The van der Waals surface area contributed by atoms with E-state index in [1.165, 1.54) is 10.5 Å². The summed E-state index contributed by atoms with van der Waals surface area (Å²) in [7, 11) is 3.27. The standard InChI is InChI=1S/C17H28N2O3/c1-7-19(11-17(20)18-12(2)3)10-14-9-16(22-6)15(21-5)8-13(14)4/h8-9,12H,7,10-11H2,1-6H3,(H,18,20)/p+1. The molecule has 0 fully saturated rings. The van der Waals surface area contributed by atoms with E-state index in [0.29, 0.717) is 6.54 Å². The van der Waals surface area contributed by atoms with Crippen molar-refractivity contribution in [3.63, 3.8) is 0 Å². The molecule has 0 aliphatic heterocycles. The Morgan fingerprint density at radius 3 is 2.32 bits per heavy atom. The average molecular weight is 309 g/mol. The number of quaternary nitrogens is 1. The molecule has 1 atom stereocenters. The number of methoxy groups -OCH3 is 2. The van der Waals surface area contributed by atoms with Gasteiger partial charge in [0.2, 0.25) is 0 Å². The second kappa shape index (κ2) is 8.63. The topological polar surface area (TPSA) is 52.0 Å². The van der Waals surface area contributed by atoms with E-state index in [9.17, 15) is 4.79 Å². The van der Waals surface area contributed by atoms with E-state index in [1.807, 2.05) is 26.0 Å². The summed E-state index contributed by atoms with van der Waals surface area (Å²) >= 11 is 0. The molecule has 0 saturated carbocycles. The molecule has 124 valence electrons. The van der Waals surface area contributed by atoms with Gasteiger partial charge in [-0.25, -0.2) is 0 Å². The Bertz CT molecular complexity index is 501. The first-order valence-corrected chi connectivity index (χ1v) is 7.75. The van der Waals surface area contributed by atoms with Gasteiger partial charge in [0.15, 0.2) is 18.0 Å². The maximum atomic E-state index is 11.9. The summed E-state index contributed by atoms with van der Waals surface area (Å²) in [4.78, 5) is 13.2. The van der Waals surface area contributed by atoms with Crippen LogP contribution in [0.25, 0.3) is 0 Å². The Morgan fingerprint density at radius 1 is 1.23 bits per heavy atom. The Kier molecular flexibility index (Phi) is 7.18. The van der Waals surface area contributed by atoms with Gasteiger partial charge in [-0.3, -0.25) is 4.79 Å². The van der Waals surface area contributed by atoms with Crippen molar-refractivity contribution in [3.8, 4) is 11.5 Å². The third-order valence-corrected chi connectivity index (χ3v) is 3.64. The summed E-state index contributed by atoms with van der Waals surface area (Å²) in [6.45, 7) is 10.2. The Balaban J connectivity index is 2.84. The molecule has 0 aliphatic carbocycles. The normalized spacial score (nSPS) is 12.1. The maximum absolute atomic E-state index is 11.9. The molecule has 5 nitrogen and oxygen atoms in total. The first-order valence-electron chi connectivity index (χ1n) is 7.75. The number of ether oxygens (including phenoxy) is 2. The van der Waals surface area contributed by atoms with Gasteiger partial charge in [-0.05, 0) is 45.4 Å². The molecule has 0 spiro atoms. The molecule has 1 aromatic rings. The van der Waals surface area contributed by atoms with Crippen LogP contribution in [0.5, 0.6) is 11.5 Å². The lowest BCUT2D eigenvalue weighted by atomic mass is 10.1. The van der Waals surface area contributed by atoms with E-state index < -0.39 is 0 Å². The van der Waals surface area contributed by atoms with Gasteiger partial charge < -0.3 is 19.7 Å². The first kappa shape index (κ1) is 18.3. The minimum atomic E-state index is 0.0879. The van der Waals surface area contributed by atoms with Gasteiger partial charge in [0.1, 0.15) is 6.54 Å². The number of hydrogen-bond acceptors (Lipinski definition) is 3. The van der Waals surface area contributed by atoms with Crippen molar-refractivity contribution in [2.24, 2.45) is 0 Å². The van der Waals surface area contributed by atoms with Crippen LogP contribution in [-0.2, 0) is 11.3 Å². The number of carbonyl (C=O) groups is 1. The van der Waals surface area contributed by atoms with Crippen LogP contribution in [0, 0.1) is 6.92 Å². The molecule has 0 bridgehead atoms. The first-order chi connectivity index (χ1) is 10.4. The second-order valence-electron chi connectivity index (χ2n) is 5.81. The molecule has 0 heterocycles. The molecule has 1 aromatic carbocycles. The average Bonchev–Trinajstić information content (AvgIpc) is 2.46. The predicted octanol–water partition coefficient (Wildman–Crippen LogP) is 0.942. The van der Waals surface area contributed by atoms with E-state index in [-0.39, 0.29) is 11.9 Å². The summed E-state index contributed by atoms with van der Waals surface area (Å²) in [5.74, 6) is 1.55. The van der Waals surface area contributed by atoms with Crippen LogP contribution in [0.3, 0.4) is 0 Å². The van der Waals surface area contributed by atoms with Gasteiger partial charge >= 0.3 is 0 Å². The van der Waals surface area contributed by atoms with Crippen molar-refractivity contribution < 1.29 is 19.2 Å². The molecule has 0 saturated heterocycles. The van der Waals surface area contributed by atoms with Gasteiger partial charge in [0, 0.05) is 11.6 Å². The highest BCUT2D eigenvalue weighted by molar-refractivity contribution is 5.77. The number of carbonyl (C=O) groups excluding carboxylic acids is 1. The summed E-state index contributed by atoms with van der Waals surface area (Å²) in [5.41, 5.74) is 2.32. The quantitative estimate of drug-likeness (QED) is 0.751. The molecule has 1 unspecified atom stereocenters. The number of amides is 1. The number of nitrogens with one attached hydrogen (secondary N) is 2. The number of aryl methyl sites for hydroxylation is 1. The third-order valence-electron chi connectivity index (χ3n) is 3.64. The van der Waals surface area contributed by atoms with E-state index in [0.717, 1.165) is 30.2 Å². The second-order valence-corrected chi connectivity index (χ2v) is 5.81. The SMILES string of the molecule is CC[NH+](CC(=O)NC(C)C)Cc1cc(OC)c(OC)cc1C. The maximum Gasteiger partial charge on any atom is 0.275 e. The number of hydrogen-bond donors (Lipinski definition) is 2. The van der Waals surface area contributed by atoms with Crippen LogP contribution >= 0.6 is 0 Å². The number of rotatable bonds is 8. The summed E-state index contributed by atoms with van der Waals surface area (Å²) in [6, 6.07) is 4.16. The molecule has 0 radical (unpaired) electrons. The smallest absolute Gasteiger partial charge is 0.275 e. The predicted molar refractivity (Wildman–Crippen MR) is 87.6 cm³/mol. The van der Waals surface area contributed by atoms with Crippen LogP contribution < -0.4 is 19.7 Å². The summed E-state index contributed by atoms with van der Waals surface area (Å²) in [5, 5.41) is 2.94. The van der Waals surface area contributed by atoms with Gasteiger partial charge in [-0.1, -0.05) is 0 Å². The highest BCUT2D eigenvalue weighted by atomic mass is 16.5. The zero-order valence-corrected chi connectivity index (χ0v) is 14.6. The molecule has 2 N–H and O–H groups in total. The molecular formula is C17H29N2O3+. The van der Waals surface area contributed by atoms with Crippen molar-refractivity contribution in [1.82, 2.24) is 5.32 Å². The molecule has 5 heteroatoms. The Labute approximate surface area is 133 Å². The van der Waals surface area contributed by atoms with E-state index in [2.05, 4.69) is 19.2 Å². The molecule has 22 heavy (non-hydrogen) atoms. The fraction of sp³-hybridized carbons (Fsp3) is 0.588. The fourth-order valence-corrected chi connectivity index (χ4v) is 2.40. The van der Waals surface area contributed by atoms with Gasteiger partial charge in [0.05, 0.1) is 20.8 Å². The molecular weight excluding hydrogens is 280 g/mol. The zero-order chi connectivity index (χ0) is 16.7. The van der Waals surface area contributed by atoms with Crippen LogP contribution in [0.1, 0.15) is 31.9 Å². The molecule has 0 aromatic heterocycles. The lowest BCUT2D eigenvalue weighted by Gasteiger charge is -2.20. The lowest BCUT2D eigenvalue weighted by molar-refractivity contribution is -0.904. The van der Waals surface area contributed by atoms with Gasteiger partial charge in [-0.2, -0.15) is 0 Å². The highest BCUT2D eigenvalue weighted by Gasteiger charge is 2.17. The molecule has 0 aliphatic rings. The number of benzene rings is 1. The Morgan fingerprint density at radius 2 is 1.82 bits per heavy atom. The van der Waals surface area contributed by atoms with E-state index in [1.54, 1.807) is 14.2 Å². The van der Waals surface area contributed by atoms with E-state index in [4.69, 9.17) is 9.47 Å². The number of likely N-dealkylation sites (N-methyl/N-ethyl adjacent to an activating group) is 1. The summed E-state index contributed by atoms with van der Waals surface area (Å²) in [6.07, 6.45) is 0. The minimum Gasteiger partial charge on any atom is -0.493 e. The highest BCUT2D eigenvalue weighted by Crippen LogP contribution is 2.29. The van der Waals surface area contributed by atoms with Crippen molar-refractivity contribution in [2.45, 2.75) is 40.3 Å². The monoisotopic (exact) mass is 309 g/mol. The summed E-state index contributed by atoms with van der Waals surface area (Å²) < 4.78 is 10.7. The van der Waals surface area contributed by atoms with Crippen molar-refractivity contribution in [2.75, 3.05) is 27.3 Å². The minimum absolute atomic E-state index is 0.0879. The van der Waals surface area contributed by atoms with Gasteiger partial charge in [0.25, 0.3) is 5.91 Å². The van der Waals surface area contributed by atoms with Crippen molar-refractivity contribution in [3.05, 3.63) is 23.3 Å². The zero-order valence-electron chi connectivity index (χ0n) is 14.6. The molecule has 1 rings (SSSR count). The van der Waals surface area contributed by atoms with Crippen LogP contribution in [0.2, 0.25) is 0 Å². The molecule has 1 amide bonds. The fourth-order valence-electron chi connectivity index (χ4n) is 2.40. The van der Waals surface area contributed by atoms with Crippen LogP contribution in [-0.4, -0.2) is 39.3 Å².